The van der Waals surface area contributed by atoms with Crippen LogP contribution in [0.2, 0.25) is 5.28 Å². The van der Waals surface area contributed by atoms with Crippen LogP contribution in [0.3, 0.4) is 0 Å². The number of amides is 1. The lowest BCUT2D eigenvalue weighted by Crippen LogP contribution is -2.37. The Kier molecular flexibility index (Phi) is 5.38. The summed E-state index contributed by atoms with van der Waals surface area (Å²) in [7, 11) is 0. The van der Waals surface area contributed by atoms with Crippen LogP contribution in [-0.4, -0.2) is 74.9 Å². The summed E-state index contributed by atoms with van der Waals surface area (Å²) in [4.78, 5) is 35.6. The molecule has 0 aromatic carbocycles. The monoisotopic (exact) mass is 444 g/mol. The van der Waals surface area contributed by atoms with Crippen LogP contribution in [0, 0.1) is 5.92 Å². The molecule has 3 aromatic heterocycles. The lowest BCUT2D eigenvalue weighted by atomic mass is 10.1. The summed E-state index contributed by atoms with van der Waals surface area (Å²) in [6, 6.07) is 0. The number of imidazole rings is 1. The van der Waals surface area contributed by atoms with Gasteiger partial charge in [0.1, 0.15) is 0 Å². The van der Waals surface area contributed by atoms with Crippen molar-refractivity contribution in [3.63, 3.8) is 0 Å². The predicted molar refractivity (Wildman–Crippen MR) is 112 cm³/mol. The van der Waals surface area contributed by atoms with E-state index in [0.29, 0.717) is 79.0 Å². The van der Waals surface area contributed by atoms with Gasteiger partial charge in [-0.15, -0.1) is 0 Å². The Hall–Kier alpha value is -2.89. The molecule has 3 aromatic rings. The van der Waals surface area contributed by atoms with Crippen molar-refractivity contribution in [2.24, 2.45) is 11.7 Å². The van der Waals surface area contributed by atoms with Gasteiger partial charge in [-0.1, -0.05) is 0 Å². The Balaban J connectivity index is 1.63. The maximum absolute atomic E-state index is 11.3. The van der Waals surface area contributed by atoms with E-state index in [0.717, 1.165) is 13.0 Å². The Morgan fingerprint density at radius 2 is 1.90 bits per heavy atom. The van der Waals surface area contributed by atoms with Gasteiger partial charge in [-0.05, 0) is 18.0 Å². The van der Waals surface area contributed by atoms with Crippen molar-refractivity contribution >= 4 is 34.5 Å². The van der Waals surface area contributed by atoms with Gasteiger partial charge in [0, 0.05) is 44.6 Å². The van der Waals surface area contributed by atoms with E-state index < -0.39 is 5.91 Å². The average Bonchev–Trinajstić information content (AvgIpc) is 3.42. The van der Waals surface area contributed by atoms with Crippen molar-refractivity contribution in [1.82, 2.24) is 29.5 Å². The maximum atomic E-state index is 11.3. The second-order valence-electron chi connectivity index (χ2n) is 7.52. The lowest BCUT2D eigenvalue weighted by molar-refractivity contribution is 0.0990. The highest BCUT2D eigenvalue weighted by Crippen LogP contribution is 2.31. The molecular weight excluding hydrogens is 424 g/mol. The van der Waals surface area contributed by atoms with E-state index in [1.807, 2.05) is 4.57 Å². The zero-order chi connectivity index (χ0) is 21.4. The molecule has 0 spiro atoms. The van der Waals surface area contributed by atoms with Crippen LogP contribution in [0.4, 0.5) is 5.82 Å². The van der Waals surface area contributed by atoms with Crippen LogP contribution >= 0.6 is 11.6 Å². The second kappa shape index (κ2) is 8.33. The quantitative estimate of drug-likeness (QED) is 0.569. The molecule has 0 saturated carbocycles. The SMILES string of the molecule is NC(=O)c1ncc(-c2nc(N3CCOCC3)c3nc(Cl)n(CC4CCOC4)c3n2)cn1. The summed E-state index contributed by atoms with van der Waals surface area (Å²) in [6.45, 7) is 4.67. The topological polar surface area (TPSA) is 134 Å². The molecule has 12 heteroatoms. The third kappa shape index (κ3) is 3.91. The minimum Gasteiger partial charge on any atom is -0.381 e. The number of hydrogen-bond donors (Lipinski definition) is 1. The summed E-state index contributed by atoms with van der Waals surface area (Å²) in [5, 5.41) is 0.364. The van der Waals surface area contributed by atoms with E-state index in [1.165, 1.54) is 12.4 Å². The van der Waals surface area contributed by atoms with Crippen molar-refractivity contribution in [3.05, 3.63) is 23.5 Å². The molecule has 2 fully saturated rings. The van der Waals surface area contributed by atoms with Crippen molar-refractivity contribution in [1.29, 1.82) is 0 Å². The number of carbonyl (C=O) groups is 1. The summed E-state index contributed by atoms with van der Waals surface area (Å²) >= 11 is 6.53. The summed E-state index contributed by atoms with van der Waals surface area (Å²) < 4.78 is 12.9. The van der Waals surface area contributed by atoms with Crippen molar-refractivity contribution in [2.75, 3.05) is 44.4 Å². The molecular formula is C19H21ClN8O3. The molecule has 11 nitrogen and oxygen atoms in total. The highest BCUT2D eigenvalue weighted by atomic mass is 35.5. The van der Waals surface area contributed by atoms with E-state index in [2.05, 4.69) is 19.9 Å². The van der Waals surface area contributed by atoms with E-state index >= 15 is 0 Å². The first kappa shape index (κ1) is 20.0. The summed E-state index contributed by atoms with van der Waals surface area (Å²) in [5.41, 5.74) is 7.10. The Morgan fingerprint density at radius 1 is 1.13 bits per heavy atom. The molecule has 1 atom stereocenters. The number of nitrogens with two attached hydrogens (primary N) is 1. The van der Waals surface area contributed by atoms with Crippen LogP contribution in [0.15, 0.2) is 12.4 Å². The average molecular weight is 445 g/mol. The molecule has 0 aliphatic carbocycles. The van der Waals surface area contributed by atoms with Gasteiger partial charge in [-0.2, -0.15) is 0 Å². The number of primary amides is 1. The third-order valence-corrected chi connectivity index (χ3v) is 5.72. The summed E-state index contributed by atoms with van der Waals surface area (Å²) in [5.74, 6) is 0.697. The number of fused-ring (bicyclic) bond motifs is 1. The zero-order valence-corrected chi connectivity index (χ0v) is 17.5. The van der Waals surface area contributed by atoms with Crippen LogP contribution in [-0.2, 0) is 16.0 Å². The molecule has 5 rings (SSSR count). The predicted octanol–water partition coefficient (Wildman–Crippen LogP) is 0.909. The maximum Gasteiger partial charge on any atom is 0.286 e. The first-order valence-electron chi connectivity index (χ1n) is 10.1. The fourth-order valence-electron chi connectivity index (χ4n) is 3.80. The minimum absolute atomic E-state index is 0.0625. The molecule has 2 saturated heterocycles. The molecule has 31 heavy (non-hydrogen) atoms. The van der Waals surface area contributed by atoms with Crippen molar-refractivity contribution in [2.45, 2.75) is 13.0 Å². The molecule has 0 bridgehead atoms. The number of hydrogen-bond acceptors (Lipinski definition) is 9. The number of anilines is 1. The normalized spacial score (nSPS) is 19.3. The molecule has 2 N–H and O–H groups in total. The van der Waals surface area contributed by atoms with E-state index in [4.69, 9.17) is 36.8 Å². The van der Waals surface area contributed by atoms with Crippen LogP contribution in [0.25, 0.3) is 22.6 Å². The molecule has 162 valence electrons. The number of carbonyl (C=O) groups excluding carboxylic acids is 1. The van der Waals surface area contributed by atoms with Crippen LogP contribution in [0.5, 0.6) is 0 Å². The van der Waals surface area contributed by atoms with Gasteiger partial charge in [0.15, 0.2) is 22.8 Å². The molecule has 1 unspecified atom stereocenters. The molecule has 1 amide bonds. The summed E-state index contributed by atoms with van der Waals surface area (Å²) in [6.07, 6.45) is 3.95. The third-order valence-electron chi connectivity index (χ3n) is 5.44. The molecule has 2 aliphatic rings. The fourth-order valence-corrected chi connectivity index (χ4v) is 4.04. The molecule has 0 radical (unpaired) electrons. The van der Waals surface area contributed by atoms with E-state index in [9.17, 15) is 4.79 Å². The van der Waals surface area contributed by atoms with Crippen molar-refractivity contribution in [3.8, 4) is 11.4 Å². The van der Waals surface area contributed by atoms with Gasteiger partial charge >= 0.3 is 0 Å². The highest BCUT2D eigenvalue weighted by molar-refractivity contribution is 6.29. The van der Waals surface area contributed by atoms with Gasteiger partial charge < -0.3 is 20.1 Å². The van der Waals surface area contributed by atoms with E-state index in [1.54, 1.807) is 0 Å². The molecule has 2 aliphatic heterocycles. The first-order chi connectivity index (χ1) is 15.1. The van der Waals surface area contributed by atoms with Crippen LogP contribution in [0.1, 0.15) is 17.0 Å². The number of aromatic nitrogens is 6. The number of nitrogens with zero attached hydrogens (tertiary/aromatic N) is 7. The van der Waals surface area contributed by atoms with Gasteiger partial charge in [0.05, 0.1) is 25.4 Å². The minimum atomic E-state index is -0.694. The zero-order valence-electron chi connectivity index (χ0n) is 16.7. The standard InChI is InChI=1S/C19H21ClN8O3/c20-19-24-13-17(27-2-5-30-6-3-27)25-15(12-7-22-16(14(21)29)23-8-12)26-18(13)28(19)9-11-1-4-31-10-11/h7-8,11H,1-6,9-10H2,(H2,21,29). The van der Waals surface area contributed by atoms with Crippen LogP contribution < -0.4 is 10.6 Å². The van der Waals surface area contributed by atoms with Gasteiger partial charge in [0.25, 0.3) is 5.91 Å². The van der Waals surface area contributed by atoms with Gasteiger partial charge in [0.2, 0.25) is 11.1 Å². The Morgan fingerprint density at radius 3 is 2.58 bits per heavy atom. The second-order valence-corrected chi connectivity index (χ2v) is 7.86. The highest BCUT2D eigenvalue weighted by Gasteiger charge is 2.25. The smallest absolute Gasteiger partial charge is 0.286 e. The number of morpholine rings is 1. The lowest BCUT2D eigenvalue weighted by Gasteiger charge is -2.28. The van der Waals surface area contributed by atoms with Gasteiger partial charge in [-0.25, -0.2) is 24.9 Å². The molecule has 5 heterocycles. The fraction of sp³-hybridized carbons (Fsp3) is 0.474. The number of halogens is 1. The Bertz CT molecular complexity index is 1110. The Labute approximate surface area is 182 Å². The largest absolute Gasteiger partial charge is 0.381 e. The number of rotatable bonds is 5. The van der Waals surface area contributed by atoms with Crippen molar-refractivity contribution < 1.29 is 14.3 Å². The number of ether oxygens (including phenoxy) is 2. The first-order valence-corrected chi connectivity index (χ1v) is 10.4. The van der Waals surface area contributed by atoms with E-state index in [-0.39, 0.29) is 5.82 Å². The van der Waals surface area contributed by atoms with Gasteiger partial charge in [-0.3, -0.25) is 9.36 Å².